The molecule has 32 heavy (non-hydrogen) atoms. The molecule has 4 rings (SSSR count). The SMILES string of the molecule is O=C(/C=C/CC(=O)ON1C=NCC1)Nc1cc2c(Nc3cccc(Br)c3)ncnc2cn1. The van der Waals surface area contributed by atoms with E-state index in [1.807, 2.05) is 24.3 Å². The molecule has 0 saturated carbocycles. The quantitative estimate of drug-likeness (QED) is 0.479. The third kappa shape index (κ3) is 5.64. The molecule has 0 spiro atoms. The van der Waals surface area contributed by atoms with Gasteiger partial charge in [-0.3, -0.25) is 9.79 Å². The molecule has 10 nitrogen and oxygen atoms in total. The number of carbonyl (C=O) groups is 2. The Balaban J connectivity index is 1.41. The Hall–Kier alpha value is -3.86. The van der Waals surface area contributed by atoms with Crippen molar-refractivity contribution in [1.82, 2.24) is 20.0 Å². The molecule has 0 radical (unpaired) electrons. The van der Waals surface area contributed by atoms with Crippen molar-refractivity contribution >= 4 is 62.4 Å². The van der Waals surface area contributed by atoms with Crippen LogP contribution in [0.2, 0.25) is 0 Å². The lowest BCUT2D eigenvalue weighted by molar-refractivity contribution is -0.169. The number of hydroxylamine groups is 2. The fourth-order valence-electron chi connectivity index (χ4n) is 2.86. The molecular weight excluding hydrogens is 478 g/mol. The van der Waals surface area contributed by atoms with Gasteiger partial charge in [0.25, 0.3) is 0 Å². The van der Waals surface area contributed by atoms with Crippen LogP contribution in [0.1, 0.15) is 6.42 Å². The van der Waals surface area contributed by atoms with Crippen LogP contribution < -0.4 is 10.6 Å². The molecule has 0 fully saturated rings. The molecule has 11 heteroatoms. The van der Waals surface area contributed by atoms with Crippen LogP contribution >= 0.6 is 15.9 Å². The Kier molecular flexibility index (Phi) is 6.66. The van der Waals surface area contributed by atoms with Crippen LogP contribution in [0.4, 0.5) is 17.3 Å². The largest absolute Gasteiger partial charge is 0.340 e. The van der Waals surface area contributed by atoms with Crippen molar-refractivity contribution in [3.63, 3.8) is 0 Å². The van der Waals surface area contributed by atoms with E-state index >= 15 is 0 Å². The van der Waals surface area contributed by atoms with Crippen molar-refractivity contribution in [3.05, 3.63) is 59.5 Å². The van der Waals surface area contributed by atoms with E-state index in [0.29, 0.717) is 35.6 Å². The molecule has 3 heterocycles. The summed E-state index contributed by atoms with van der Waals surface area (Å²) < 4.78 is 0.930. The van der Waals surface area contributed by atoms with E-state index in [2.05, 4.69) is 46.5 Å². The van der Waals surface area contributed by atoms with Gasteiger partial charge >= 0.3 is 5.97 Å². The van der Waals surface area contributed by atoms with Crippen LogP contribution in [-0.4, -0.2) is 51.3 Å². The summed E-state index contributed by atoms with van der Waals surface area (Å²) in [5.74, 6) is 0.00205. The molecule has 1 aliphatic heterocycles. The van der Waals surface area contributed by atoms with Crippen LogP contribution in [0.25, 0.3) is 10.9 Å². The van der Waals surface area contributed by atoms with Crippen LogP contribution in [0, 0.1) is 0 Å². The minimum absolute atomic E-state index is 0.0442. The molecule has 0 unspecified atom stereocenters. The average molecular weight is 496 g/mol. The van der Waals surface area contributed by atoms with Crippen LogP contribution in [0.15, 0.2) is 64.5 Å². The predicted octanol–water partition coefficient (Wildman–Crippen LogP) is 3.22. The number of benzene rings is 1. The van der Waals surface area contributed by atoms with E-state index in [1.54, 1.807) is 12.3 Å². The number of pyridine rings is 1. The highest BCUT2D eigenvalue weighted by molar-refractivity contribution is 9.10. The lowest BCUT2D eigenvalue weighted by Crippen LogP contribution is -2.23. The fourth-order valence-corrected chi connectivity index (χ4v) is 3.26. The summed E-state index contributed by atoms with van der Waals surface area (Å²) in [6.45, 7) is 1.13. The zero-order valence-corrected chi connectivity index (χ0v) is 18.3. The van der Waals surface area contributed by atoms with Gasteiger partial charge in [-0.25, -0.2) is 19.7 Å². The Bertz CT molecular complexity index is 1210. The van der Waals surface area contributed by atoms with E-state index < -0.39 is 11.9 Å². The second kappa shape index (κ2) is 9.96. The Morgan fingerprint density at radius 3 is 2.94 bits per heavy atom. The molecule has 0 atom stereocenters. The second-order valence-electron chi connectivity index (χ2n) is 6.67. The highest BCUT2D eigenvalue weighted by atomic mass is 79.9. The van der Waals surface area contributed by atoms with Gasteiger partial charge in [-0.1, -0.05) is 28.1 Å². The number of aromatic nitrogens is 3. The zero-order valence-electron chi connectivity index (χ0n) is 16.7. The number of aliphatic imine (C=N–C) groups is 1. The van der Waals surface area contributed by atoms with E-state index in [9.17, 15) is 9.59 Å². The summed E-state index contributed by atoms with van der Waals surface area (Å²) in [6, 6.07) is 9.35. The second-order valence-corrected chi connectivity index (χ2v) is 7.58. The van der Waals surface area contributed by atoms with Gasteiger partial charge in [0.05, 0.1) is 31.2 Å². The Morgan fingerprint density at radius 2 is 2.12 bits per heavy atom. The number of halogens is 1. The smallest absolute Gasteiger partial charge is 0.336 e. The maximum absolute atomic E-state index is 12.2. The normalized spacial score (nSPS) is 13.0. The minimum atomic E-state index is -0.480. The van der Waals surface area contributed by atoms with E-state index in [4.69, 9.17) is 4.84 Å². The van der Waals surface area contributed by atoms with Gasteiger partial charge in [-0.05, 0) is 30.3 Å². The van der Waals surface area contributed by atoms with Crippen LogP contribution in [-0.2, 0) is 14.4 Å². The Labute approximate surface area is 191 Å². The summed E-state index contributed by atoms with van der Waals surface area (Å²) in [4.78, 5) is 45.7. The van der Waals surface area contributed by atoms with Gasteiger partial charge in [0, 0.05) is 15.5 Å². The number of anilines is 3. The first-order valence-electron chi connectivity index (χ1n) is 9.65. The number of nitrogens with zero attached hydrogens (tertiary/aromatic N) is 5. The van der Waals surface area contributed by atoms with Gasteiger partial charge < -0.3 is 15.5 Å². The van der Waals surface area contributed by atoms with Crippen LogP contribution in [0.5, 0.6) is 0 Å². The first-order chi connectivity index (χ1) is 15.6. The summed E-state index contributed by atoms with van der Waals surface area (Å²) in [5.41, 5.74) is 1.47. The molecule has 1 aliphatic rings. The van der Waals surface area contributed by atoms with E-state index in [0.717, 1.165) is 10.2 Å². The number of nitrogens with one attached hydrogen (secondary N) is 2. The van der Waals surface area contributed by atoms with Gasteiger partial charge in [0.2, 0.25) is 5.91 Å². The summed E-state index contributed by atoms with van der Waals surface area (Å²) in [6.07, 6.45) is 7.10. The monoisotopic (exact) mass is 495 g/mol. The lowest BCUT2D eigenvalue weighted by Gasteiger charge is -2.11. The van der Waals surface area contributed by atoms with Gasteiger partial charge in [0.1, 0.15) is 24.3 Å². The first-order valence-corrected chi connectivity index (χ1v) is 10.4. The minimum Gasteiger partial charge on any atom is -0.340 e. The molecule has 0 bridgehead atoms. The lowest BCUT2D eigenvalue weighted by atomic mass is 10.2. The molecule has 162 valence electrons. The standard InChI is InChI=1S/C21H18BrN7O3/c22-14-3-1-4-15(9-14)27-21-16-10-18(24-11-17(16)25-12-26-21)28-19(30)5-2-6-20(31)32-29-8-7-23-13-29/h1-5,9-13H,6-8H2,(H,24,28,30)(H,25,26,27)/b5-2+. The molecule has 2 aromatic heterocycles. The molecule has 0 aliphatic carbocycles. The number of fused-ring (bicyclic) bond motifs is 1. The number of hydrogen-bond acceptors (Lipinski definition) is 9. The molecule has 2 N–H and O–H groups in total. The maximum atomic E-state index is 12.2. The van der Waals surface area contributed by atoms with Crippen molar-refractivity contribution in [2.45, 2.75) is 6.42 Å². The molecular formula is C21H18BrN7O3. The highest BCUT2D eigenvalue weighted by Crippen LogP contribution is 2.25. The third-order valence-electron chi connectivity index (χ3n) is 4.29. The van der Waals surface area contributed by atoms with Crippen molar-refractivity contribution in [2.75, 3.05) is 23.7 Å². The fraction of sp³-hybridized carbons (Fsp3) is 0.143. The number of amides is 1. The topological polar surface area (TPSA) is 122 Å². The summed E-state index contributed by atoms with van der Waals surface area (Å²) in [5, 5.41) is 7.96. The summed E-state index contributed by atoms with van der Waals surface area (Å²) >= 11 is 3.44. The van der Waals surface area contributed by atoms with E-state index in [1.165, 1.54) is 29.9 Å². The molecule has 0 saturated heterocycles. The molecule has 3 aromatic rings. The first kappa shape index (κ1) is 21.4. The average Bonchev–Trinajstić information content (AvgIpc) is 3.27. The van der Waals surface area contributed by atoms with Gasteiger partial charge in [-0.15, -0.1) is 0 Å². The molecule has 1 amide bonds. The number of rotatable bonds is 7. The van der Waals surface area contributed by atoms with Gasteiger partial charge in [0.15, 0.2) is 0 Å². The summed E-state index contributed by atoms with van der Waals surface area (Å²) in [7, 11) is 0. The maximum Gasteiger partial charge on any atom is 0.336 e. The number of hydrogen-bond donors (Lipinski definition) is 2. The predicted molar refractivity (Wildman–Crippen MR) is 123 cm³/mol. The van der Waals surface area contributed by atoms with Crippen molar-refractivity contribution < 1.29 is 14.4 Å². The number of carbonyl (C=O) groups excluding carboxylic acids is 2. The highest BCUT2D eigenvalue weighted by Gasteiger charge is 2.11. The van der Waals surface area contributed by atoms with Gasteiger partial charge in [-0.2, -0.15) is 5.06 Å². The molecule has 1 aromatic carbocycles. The van der Waals surface area contributed by atoms with E-state index in [-0.39, 0.29) is 6.42 Å². The third-order valence-corrected chi connectivity index (χ3v) is 4.79. The Morgan fingerprint density at radius 1 is 1.22 bits per heavy atom. The van der Waals surface area contributed by atoms with Crippen molar-refractivity contribution in [3.8, 4) is 0 Å². The zero-order chi connectivity index (χ0) is 22.3. The van der Waals surface area contributed by atoms with Crippen molar-refractivity contribution in [1.29, 1.82) is 0 Å². The van der Waals surface area contributed by atoms with Crippen LogP contribution in [0.3, 0.4) is 0 Å². The van der Waals surface area contributed by atoms with Crippen molar-refractivity contribution in [2.24, 2.45) is 4.99 Å².